The van der Waals surface area contributed by atoms with Crippen LogP contribution in [0.15, 0.2) is 42.5 Å². The summed E-state index contributed by atoms with van der Waals surface area (Å²) in [7, 11) is 0. The largest absolute Gasteiger partial charge is 0.489 e. The van der Waals surface area contributed by atoms with Crippen LogP contribution in [0.4, 0.5) is 0 Å². The van der Waals surface area contributed by atoms with E-state index in [9.17, 15) is 0 Å². The fourth-order valence-corrected chi connectivity index (χ4v) is 2.07. The number of fused-ring (bicyclic) bond motifs is 1. The highest BCUT2D eigenvalue weighted by atomic mass is 16.7. The summed E-state index contributed by atoms with van der Waals surface area (Å²) in [6, 6.07) is 13.7. The van der Waals surface area contributed by atoms with E-state index in [-0.39, 0.29) is 6.04 Å². The third kappa shape index (κ3) is 2.70. The van der Waals surface area contributed by atoms with Gasteiger partial charge in [-0.3, -0.25) is 0 Å². The summed E-state index contributed by atoms with van der Waals surface area (Å²) < 4.78 is 16.4. The Balaban J connectivity index is 1.64. The van der Waals surface area contributed by atoms with Gasteiger partial charge in [-0.05, 0) is 42.3 Å². The zero-order chi connectivity index (χ0) is 13.9. The highest BCUT2D eigenvalue weighted by Gasteiger charge is 2.13. The molecule has 0 aliphatic carbocycles. The molecule has 4 nitrogen and oxygen atoms in total. The van der Waals surface area contributed by atoms with E-state index in [2.05, 4.69) is 0 Å². The van der Waals surface area contributed by atoms with Gasteiger partial charge in [-0.15, -0.1) is 0 Å². The maximum Gasteiger partial charge on any atom is 0.231 e. The molecule has 1 heterocycles. The Labute approximate surface area is 118 Å². The molecule has 3 rings (SSSR count). The molecule has 0 unspecified atom stereocenters. The first-order valence-electron chi connectivity index (χ1n) is 6.59. The summed E-state index contributed by atoms with van der Waals surface area (Å²) in [4.78, 5) is 0. The van der Waals surface area contributed by atoms with Gasteiger partial charge in [0.25, 0.3) is 0 Å². The molecule has 2 N–H and O–H groups in total. The minimum absolute atomic E-state index is 0.0397. The van der Waals surface area contributed by atoms with Crippen molar-refractivity contribution in [1.29, 1.82) is 0 Å². The van der Waals surface area contributed by atoms with Gasteiger partial charge in [-0.1, -0.05) is 18.2 Å². The Hall–Kier alpha value is -2.20. The Morgan fingerprint density at radius 1 is 1.10 bits per heavy atom. The average Bonchev–Trinajstić information content (AvgIpc) is 2.93. The zero-order valence-corrected chi connectivity index (χ0v) is 11.3. The molecule has 0 fully saturated rings. The van der Waals surface area contributed by atoms with Crippen molar-refractivity contribution in [2.75, 3.05) is 6.79 Å². The second-order valence-electron chi connectivity index (χ2n) is 4.83. The van der Waals surface area contributed by atoms with E-state index < -0.39 is 0 Å². The smallest absolute Gasteiger partial charge is 0.231 e. The molecule has 1 aliphatic heterocycles. The SMILES string of the molecule is C[C@@H](N)c1ccc(OCc2ccc3c(c2)OCO3)cc1. The molecule has 0 amide bonds. The van der Waals surface area contributed by atoms with Crippen LogP contribution in [0.5, 0.6) is 17.2 Å². The van der Waals surface area contributed by atoms with Crippen molar-refractivity contribution in [2.24, 2.45) is 5.73 Å². The van der Waals surface area contributed by atoms with E-state index in [1.165, 1.54) is 0 Å². The third-order valence-electron chi connectivity index (χ3n) is 3.25. The van der Waals surface area contributed by atoms with Gasteiger partial charge in [-0.25, -0.2) is 0 Å². The topological polar surface area (TPSA) is 53.7 Å². The molecule has 104 valence electrons. The molecular formula is C16H17NO3. The predicted molar refractivity (Wildman–Crippen MR) is 75.9 cm³/mol. The first-order chi connectivity index (χ1) is 9.72. The molecular weight excluding hydrogens is 254 g/mol. The van der Waals surface area contributed by atoms with Crippen molar-refractivity contribution in [2.45, 2.75) is 19.6 Å². The van der Waals surface area contributed by atoms with Crippen molar-refractivity contribution >= 4 is 0 Å². The van der Waals surface area contributed by atoms with E-state index in [4.69, 9.17) is 19.9 Å². The number of ether oxygens (including phenoxy) is 3. The lowest BCUT2D eigenvalue weighted by molar-refractivity contribution is 0.174. The molecule has 0 bridgehead atoms. The molecule has 0 radical (unpaired) electrons. The van der Waals surface area contributed by atoms with Gasteiger partial charge in [0, 0.05) is 6.04 Å². The molecule has 0 aromatic heterocycles. The molecule has 0 saturated heterocycles. The number of hydrogen-bond acceptors (Lipinski definition) is 4. The summed E-state index contributed by atoms with van der Waals surface area (Å²) in [6.45, 7) is 2.75. The van der Waals surface area contributed by atoms with E-state index in [0.717, 1.165) is 28.4 Å². The van der Waals surface area contributed by atoms with Gasteiger partial charge in [0.15, 0.2) is 11.5 Å². The molecule has 0 spiro atoms. The number of nitrogens with two attached hydrogens (primary N) is 1. The summed E-state index contributed by atoms with van der Waals surface area (Å²) in [6.07, 6.45) is 0. The van der Waals surface area contributed by atoms with Crippen LogP contribution in [0.1, 0.15) is 24.1 Å². The summed E-state index contributed by atoms with van der Waals surface area (Å²) in [5.41, 5.74) is 7.96. The average molecular weight is 271 g/mol. The monoisotopic (exact) mass is 271 g/mol. The fraction of sp³-hybridized carbons (Fsp3) is 0.250. The van der Waals surface area contributed by atoms with Gasteiger partial charge < -0.3 is 19.9 Å². The lowest BCUT2D eigenvalue weighted by atomic mass is 10.1. The van der Waals surface area contributed by atoms with E-state index in [1.54, 1.807) is 0 Å². The van der Waals surface area contributed by atoms with Crippen LogP contribution in [-0.4, -0.2) is 6.79 Å². The Bertz CT molecular complexity index is 593. The first-order valence-corrected chi connectivity index (χ1v) is 6.59. The van der Waals surface area contributed by atoms with Crippen LogP contribution in [-0.2, 0) is 6.61 Å². The van der Waals surface area contributed by atoms with E-state index in [1.807, 2.05) is 49.4 Å². The molecule has 1 atom stereocenters. The Morgan fingerprint density at radius 3 is 2.60 bits per heavy atom. The normalized spacial score (nSPS) is 14.1. The summed E-state index contributed by atoms with van der Waals surface area (Å²) in [5.74, 6) is 2.39. The standard InChI is InChI=1S/C16H17NO3/c1-11(17)13-3-5-14(6-4-13)18-9-12-2-7-15-16(8-12)20-10-19-15/h2-8,11H,9-10,17H2,1H3/t11-/m1/s1. The number of rotatable bonds is 4. The highest BCUT2D eigenvalue weighted by Crippen LogP contribution is 2.32. The second-order valence-corrected chi connectivity index (χ2v) is 4.83. The predicted octanol–water partition coefficient (Wildman–Crippen LogP) is 3.01. The first kappa shape index (κ1) is 12.8. The zero-order valence-electron chi connectivity index (χ0n) is 11.3. The maximum absolute atomic E-state index is 5.81. The van der Waals surface area contributed by atoms with Gasteiger partial charge >= 0.3 is 0 Å². The van der Waals surface area contributed by atoms with Gasteiger partial charge in [0.05, 0.1) is 0 Å². The lowest BCUT2D eigenvalue weighted by Crippen LogP contribution is -2.04. The number of hydrogen-bond donors (Lipinski definition) is 1. The van der Waals surface area contributed by atoms with Crippen molar-refractivity contribution in [1.82, 2.24) is 0 Å². The van der Waals surface area contributed by atoms with Crippen molar-refractivity contribution in [3.63, 3.8) is 0 Å². The van der Waals surface area contributed by atoms with Crippen LogP contribution in [0, 0.1) is 0 Å². The molecule has 2 aromatic carbocycles. The van der Waals surface area contributed by atoms with Crippen molar-refractivity contribution in [3.8, 4) is 17.2 Å². The van der Waals surface area contributed by atoms with Gasteiger partial charge in [0.1, 0.15) is 12.4 Å². The van der Waals surface area contributed by atoms with Crippen LogP contribution < -0.4 is 19.9 Å². The molecule has 1 aliphatic rings. The third-order valence-corrected chi connectivity index (χ3v) is 3.25. The molecule has 0 saturated carbocycles. The van der Waals surface area contributed by atoms with Crippen LogP contribution in [0.3, 0.4) is 0 Å². The number of benzene rings is 2. The van der Waals surface area contributed by atoms with Gasteiger partial charge in [-0.2, -0.15) is 0 Å². The Kier molecular flexibility index (Phi) is 3.48. The summed E-state index contributed by atoms with van der Waals surface area (Å²) >= 11 is 0. The quantitative estimate of drug-likeness (QED) is 0.928. The molecule has 20 heavy (non-hydrogen) atoms. The second kappa shape index (κ2) is 5.43. The minimum atomic E-state index is 0.0397. The Morgan fingerprint density at radius 2 is 1.85 bits per heavy atom. The van der Waals surface area contributed by atoms with Crippen LogP contribution >= 0.6 is 0 Å². The van der Waals surface area contributed by atoms with Crippen molar-refractivity contribution < 1.29 is 14.2 Å². The van der Waals surface area contributed by atoms with Crippen LogP contribution in [0.2, 0.25) is 0 Å². The molecule has 4 heteroatoms. The lowest BCUT2D eigenvalue weighted by Gasteiger charge is -2.09. The fourth-order valence-electron chi connectivity index (χ4n) is 2.07. The summed E-state index contributed by atoms with van der Waals surface area (Å²) in [5, 5.41) is 0. The molecule has 2 aromatic rings. The minimum Gasteiger partial charge on any atom is -0.489 e. The van der Waals surface area contributed by atoms with Crippen molar-refractivity contribution in [3.05, 3.63) is 53.6 Å². The van der Waals surface area contributed by atoms with Gasteiger partial charge in [0.2, 0.25) is 6.79 Å². The van der Waals surface area contributed by atoms with E-state index in [0.29, 0.717) is 13.4 Å². The highest BCUT2D eigenvalue weighted by molar-refractivity contribution is 5.44. The maximum atomic E-state index is 5.81. The van der Waals surface area contributed by atoms with E-state index >= 15 is 0 Å². The van der Waals surface area contributed by atoms with Crippen LogP contribution in [0.25, 0.3) is 0 Å².